The van der Waals surface area contributed by atoms with Gasteiger partial charge in [-0.3, -0.25) is 14.1 Å². The highest BCUT2D eigenvalue weighted by Crippen LogP contribution is 2.31. The predicted octanol–water partition coefficient (Wildman–Crippen LogP) is 4.54. The molecule has 1 unspecified atom stereocenters. The van der Waals surface area contributed by atoms with Crippen LogP contribution in [0.3, 0.4) is 0 Å². The van der Waals surface area contributed by atoms with Gasteiger partial charge in [0.15, 0.2) is 0 Å². The highest BCUT2D eigenvalue weighted by Gasteiger charge is 2.18. The molecule has 2 heterocycles. The fraction of sp³-hybridized carbons (Fsp3) is 0.0800. The van der Waals surface area contributed by atoms with Crippen molar-refractivity contribution in [1.82, 2.24) is 14.1 Å². The Morgan fingerprint density at radius 2 is 1.91 bits per heavy atom. The minimum Gasteiger partial charge on any atom is -0.311 e. The smallest absolute Gasteiger partial charge is 0.285 e. The predicted molar refractivity (Wildman–Crippen MR) is 129 cm³/mol. The molecule has 1 N–H and O–H groups in total. The van der Waals surface area contributed by atoms with Crippen molar-refractivity contribution in [2.75, 3.05) is 0 Å². The van der Waals surface area contributed by atoms with Crippen LogP contribution in [-0.2, 0) is 18.3 Å². The van der Waals surface area contributed by atoms with E-state index in [1.165, 1.54) is 12.1 Å². The van der Waals surface area contributed by atoms with Gasteiger partial charge >= 0.3 is 0 Å². The molecule has 9 heteroatoms. The van der Waals surface area contributed by atoms with Crippen LogP contribution in [0.25, 0.3) is 38.8 Å². The second-order valence-electron chi connectivity index (χ2n) is 7.86. The minimum absolute atomic E-state index is 0.222. The Bertz CT molecular complexity index is 1750. The van der Waals surface area contributed by atoms with Crippen LogP contribution in [0.4, 0.5) is 4.39 Å². The van der Waals surface area contributed by atoms with Crippen molar-refractivity contribution in [2.45, 2.75) is 6.92 Å². The van der Waals surface area contributed by atoms with Crippen molar-refractivity contribution < 1.29 is 13.2 Å². The lowest BCUT2D eigenvalue weighted by atomic mass is 10.0. The van der Waals surface area contributed by atoms with Crippen LogP contribution in [0.2, 0.25) is 0 Å². The van der Waals surface area contributed by atoms with Gasteiger partial charge in [0.25, 0.3) is 11.3 Å². The monoisotopic (exact) mass is 471 g/mol. The summed E-state index contributed by atoms with van der Waals surface area (Å²) in [5.41, 5.74) is 5.74. The Kier molecular flexibility index (Phi) is 5.32. The van der Waals surface area contributed by atoms with Crippen LogP contribution in [0.5, 0.6) is 0 Å². The zero-order valence-corrected chi connectivity index (χ0v) is 19.0. The van der Waals surface area contributed by atoms with E-state index in [0.717, 1.165) is 16.5 Å². The average Bonchev–Trinajstić information content (AvgIpc) is 3.10. The van der Waals surface area contributed by atoms with Gasteiger partial charge in [-0.2, -0.15) is 5.26 Å². The maximum absolute atomic E-state index is 13.9. The summed E-state index contributed by atoms with van der Waals surface area (Å²) < 4.78 is 42.6. The number of hydrogen-bond donors (Lipinski definition) is 1. The molecule has 5 aromatic rings. The Balaban J connectivity index is 1.97. The van der Waals surface area contributed by atoms with E-state index >= 15 is 0 Å². The maximum atomic E-state index is 13.9. The zero-order chi connectivity index (χ0) is 24.0. The van der Waals surface area contributed by atoms with E-state index in [2.05, 4.69) is 15.5 Å². The first kappa shape index (κ1) is 21.7. The zero-order valence-electron chi connectivity index (χ0n) is 18.2. The van der Waals surface area contributed by atoms with Crippen LogP contribution in [-0.4, -0.2) is 22.9 Å². The molecule has 0 fully saturated rings. The van der Waals surface area contributed by atoms with Crippen molar-refractivity contribution in [2.24, 2.45) is 11.4 Å². The second-order valence-corrected chi connectivity index (χ2v) is 8.51. The maximum Gasteiger partial charge on any atom is 0.285 e. The quantitative estimate of drug-likeness (QED) is 0.391. The Morgan fingerprint density at radius 3 is 2.65 bits per heavy atom. The normalized spacial score (nSPS) is 12.9. The number of benzene rings is 3. The third-order valence-corrected chi connectivity index (χ3v) is 6.12. The van der Waals surface area contributed by atoms with E-state index in [4.69, 9.17) is 0 Å². The van der Waals surface area contributed by atoms with Crippen molar-refractivity contribution in [3.8, 4) is 22.9 Å². The van der Waals surface area contributed by atoms with E-state index in [1.807, 2.05) is 37.3 Å². The molecule has 0 aliphatic carbocycles. The third kappa shape index (κ3) is 3.59. The van der Waals surface area contributed by atoms with Crippen molar-refractivity contribution >= 4 is 33.2 Å². The van der Waals surface area contributed by atoms with Crippen molar-refractivity contribution in [3.63, 3.8) is 0 Å². The van der Waals surface area contributed by atoms with Crippen LogP contribution in [0, 0.1) is 24.1 Å². The molecule has 7 nitrogen and oxygen atoms in total. The average molecular weight is 472 g/mol. The Hall–Kier alpha value is -4.13. The van der Waals surface area contributed by atoms with Crippen LogP contribution in [0.15, 0.2) is 71.3 Å². The first-order valence-electron chi connectivity index (χ1n) is 10.3. The number of imidazole rings is 1. The molecule has 0 aliphatic heterocycles. The van der Waals surface area contributed by atoms with E-state index in [-0.39, 0.29) is 11.4 Å². The molecule has 34 heavy (non-hydrogen) atoms. The molecule has 0 radical (unpaired) electrons. The van der Waals surface area contributed by atoms with Crippen LogP contribution < -0.4 is 5.62 Å². The largest absolute Gasteiger partial charge is 0.311 e. The van der Waals surface area contributed by atoms with Gasteiger partial charge in [-0.15, -0.1) is 4.40 Å². The Morgan fingerprint density at radius 1 is 1.12 bits per heavy atom. The molecule has 0 saturated carbocycles. The Labute approximate surface area is 196 Å². The minimum atomic E-state index is -2.47. The molecule has 2 aromatic heterocycles. The SMILES string of the molecule is Cc1ccc(C#N)cc1-n1c(=NS(=O)O)n(C)c2cnc3ccc(-c4cccc(F)c4)cc3c21. The molecule has 3 aromatic carbocycles. The number of rotatable bonds is 3. The van der Waals surface area contributed by atoms with E-state index in [9.17, 15) is 18.4 Å². The number of pyridine rings is 1. The first-order chi connectivity index (χ1) is 16.4. The van der Waals surface area contributed by atoms with Gasteiger partial charge < -0.3 is 4.57 Å². The lowest BCUT2D eigenvalue weighted by Crippen LogP contribution is -2.24. The van der Waals surface area contributed by atoms with E-state index < -0.39 is 11.3 Å². The number of halogens is 1. The standard InChI is InChI=1S/C25H18FN5O2S/c1-15-6-7-16(13-27)10-22(15)31-24-20-12-18(17-4-3-5-19(26)11-17)8-9-21(20)28-14-23(24)30(2)25(31)29-34(32)33/h3-12,14H,1-2H3,(H,32,33). The summed E-state index contributed by atoms with van der Waals surface area (Å²) in [4.78, 5) is 4.57. The number of hydrogen-bond acceptors (Lipinski definition) is 3. The summed E-state index contributed by atoms with van der Waals surface area (Å²) in [7, 11) is 1.73. The number of aromatic nitrogens is 3. The lowest BCUT2D eigenvalue weighted by molar-refractivity contribution is 0.563. The van der Waals surface area contributed by atoms with Gasteiger partial charge in [-0.05, 0) is 60.0 Å². The van der Waals surface area contributed by atoms with Gasteiger partial charge in [0.1, 0.15) is 5.82 Å². The highest BCUT2D eigenvalue weighted by molar-refractivity contribution is 7.77. The molecule has 0 spiro atoms. The number of fused-ring (bicyclic) bond motifs is 3. The van der Waals surface area contributed by atoms with Gasteiger partial charge in [0, 0.05) is 12.4 Å². The van der Waals surface area contributed by atoms with Crippen LogP contribution >= 0.6 is 0 Å². The summed E-state index contributed by atoms with van der Waals surface area (Å²) in [6, 6.07) is 19.4. The fourth-order valence-electron chi connectivity index (χ4n) is 4.17. The first-order valence-corrected chi connectivity index (χ1v) is 11.4. The van der Waals surface area contributed by atoms with Crippen molar-refractivity contribution in [1.29, 1.82) is 5.26 Å². The molecule has 0 amide bonds. The summed E-state index contributed by atoms with van der Waals surface area (Å²) in [6.45, 7) is 1.89. The molecular formula is C25H18FN5O2S. The number of nitrogens with zero attached hydrogens (tertiary/aromatic N) is 5. The van der Waals surface area contributed by atoms with Gasteiger partial charge in [0.2, 0.25) is 5.62 Å². The second kappa shape index (κ2) is 8.33. The highest BCUT2D eigenvalue weighted by atomic mass is 32.2. The van der Waals surface area contributed by atoms with Gasteiger partial charge in [-0.25, -0.2) is 8.60 Å². The summed E-state index contributed by atoms with van der Waals surface area (Å²) in [5, 5.41) is 10.2. The molecule has 168 valence electrons. The fourth-order valence-corrected chi connectivity index (χ4v) is 4.52. The number of nitriles is 1. The summed E-state index contributed by atoms with van der Waals surface area (Å²) in [5.74, 6) is -0.334. The summed E-state index contributed by atoms with van der Waals surface area (Å²) >= 11 is -2.47. The lowest BCUT2D eigenvalue weighted by Gasteiger charge is -2.11. The van der Waals surface area contributed by atoms with Gasteiger partial charge in [-0.1, -0.05) is 24.3 Å². The molecule has 0 saturated heterocycles. The molecule has 0 aliphatic rings. The van der Waals surface area contributed by atoms with E-state index in [1.54, 1.807) is 40.6 Å². The molecule has 0 bridgehead atoms. The van der Waals surface area contributed by atoms with Gasteiger partial charge in [0.05, 0.1) is 40.1 Å². The van der Waals surface area contributed by atoms with E-state index in [0.29, 0.717) is 33.4 Å². The van der Waals surface area contributed by atoms with Crippen LogP contribution in [0.1, 0.15) is 11.1 Å². The molecule has 1 atom stereocenters. The molecular weight excluding hydrogens is 453 g/mol. The van der Waals surface area contributed by atoms with Crippen molar-refractivity contribution in [3.05, 3.63) is 89.4 Å². The number of aryl methyl sites for hydroxylation is 2. The molecule has 5 rings (SSSR count). The third-order valence-electron chi connectivity index (χ3n) is 5.80. The summed E-state index contributed by atoms with van der Waals surface area (Å²) in [6.07, 6.45) is 1.68. The topological polar surface area (TPSA) is 96.2 Å².